The molecule has 0 bridgehead atoms. The zero-order valence-electron chi connectivity index (χ0n) is 12.3. The lowest BCUT2D eigenvalue weighted by Crippen LogP contribution is -2.16. The predicted octanol–water partition coefficient (Wildman–Crippen LogP) is 4.38. The molecule has 3 heteroatoms. The largest absolute Gasteiger partial charge is 0.348 e. The quantitative estimate of drug-likeness (QED) is 0.847. The Morgan fingerprint density at radius 1 is 1.14 bits per heavy atom. The summed E-state index contributed by atoms with van der Waals surface area (Å²) < 4.78 is 0. The molecule has 1 aromatic carbocycles. The summed E-state index contributed by atoms with van der Waals surface area (Å²) in [7, 11) is 0. The van der Waals surface area contributed by atoms with E-state index < -0.39 is 0 Å². The molecule has 0 saturated heterocycles. The van der Waals surface area contributed by atoms with E-state index in [-0.39, 0.29) is 5.92 Å². The topological polar surface area (TPSA) is 52.5 Å². The van der Waals surface area contributed by atoms with Crippen LogP contribution in [-0.2, 0) is 0 Å². The van der Waals surface area contributed by atoms with Crippen LogP contribution < -0.4 is 0 Å². The first-order chi connectivity index (χ1) is 10.4. The minimum Gasteiger partial charge on any atom is -0.348 e. The fourth-order valence-corrected chi connectivity index (χ4v) is 3.59. The number of hydrogen-bond acceptors (Lipinski definition) is 2. The van der Waals surface area contributed by atoms with E-state index in [1.165, 1.54) is 38.5 Å². The van der Waals surface area contributed by atoms with E-state index >= 15 is 0 Å². The van der Waals surface area contributed by atoms with Crippen molar-refractivity contribution in [3.8, 4) is 6.07 Å². The van der Waals surface area contributed by atoms with Gasteiger partial charge in [0, 0.05) is 18.3 Å². The van der Waals surface area contributed by atoms with Gasteiger partial charge < -0.3 is 4.98 Å². The molecule has 108 valence electrons. The van der Waals surface area contributed by atoms with Gasteiger partial charge in [0.25, 0.3) is 0 Å². The Labute approximate surface area is 126 Å². The Balaban J connectivity index is 2.02. The molecular formula is C18H21N3. The van der Waals surface area contributed by atoms with E-state index in [0.717, 1.165) is 17.0 Å². The number of rotatable bonds is 3. The zero-order chi connectivity index (χ0) is 14.5. The Morgan fingerprint density at radius 3 is 2.57 bits per heavy atom. The number of nitrogens with zero attached hydrogens (tertiary/aromatic N) is 2. The van der Waals surface area contributed by atoms with E-state index in [4.69, 9.17) is 0 Å². The number of imidazole rings is 1. The van der Waals surface area contributed by atoms with Gasteiger partial charge in [0.05, 0.1) is 11.6 Å². The van der Waals surface area contributed by atoms with Crippen LogP contribution in [-0.4, -0.2) is 9.97 Å². The molecular weight excluding hydrogens is 258 g/mol. The van der Waals surface area contributed by atoms with Gasteiger partial charge in [0.2, 0.25) is 0 Å². The lowest BCUT2D eigenvalue weighted by Gasteiger charge is -2.25. The molecule has 0 radical (unpaired) electrons. The summed E-state index contributed by atoms with van der Waals surface area (Å²) in [5, 5.41) is 9.44. The lowest BCUT2D eigenvalue weighted by atomic mass is 9.79. The number of H-pyrrole nitrogens is 1. The molecule has 0 amide bonds. The maximum Gasteiger partial charge on any atom is 0.113 e. The van der Waals surface area contributed by atoms with E-state index in [9.17, 15) is 5.26 Å². The first-order valence-electron chi connectivity index (χ1n) is 7.88. The number of nitriles is 1. The highest BCUT2D eigenvalue weighted by atomic mass is 14.9. The Bertz CT molecular complexity index is 602. The minimum absolute atomic E-state index is 0.217. The molecule has 1 N–H and O–H groups in total. The molecule has 1 fully saturated rings. The molecule has 1 aliphatic rings. The maximum atomic E-state index is 9.44. The fraction of sp³-hybridized carbons (Fsp3) is 0.444. The van der Waals surface area contributed by atoms with E-state index in [0.29, 0.717) is 5.92 Å². The van der Waals surface area contributed by atoms with Gasteiger partial charge in [-0.05, 0) is 30.4 Å². The highest BCUT2D eigenvalue weighted by Crippen LogP contribution is 2.39. The number of nitrogens with one attached hydrogen (secondary N) is 1. The van der Waals surface area contributed by atoms with Crippen LogP contribution in [0.15, 0.2) is 36.7 Å². The molecule has 3 rings (SSSR count). The number of benzene rings is 1. The Kier molecular flexibility index (Phi) is 4.35. The van der Waals surface area contributed by atoms with E-state index in [1.54, 1.807) is 0 Å². The van der Waals surface area contributed by atoms with Crippen molar-refractivity contribution in [1.82, 2.24) is 9.97 Å². The highest BCUT2D eigenvalue weighted by Gasteiger charge is 2.29. The van der Waals surface area contributed by atoms with Crippen molar-refractivity contribution >= 4 is 0 Å². The van der Waals surface area contributed by atoms with Crippen LogP contribution in [0, 0.1) is 17.2 Å². The molecule has 1 aliphatic carbocycles. The van der Waals surface area contributed by atoms with Gasteiger partial charge in [-0.25, -0.2) is 4.98 Å². The van der Waals surface area contributed by atoms with Gasteiger partial charge in [0.15, 0.2) is 0 Å². The van der Waals surface area contributed by atoms with Gasteiger partial charge in [-0.2, -0.15) is 5.26 Å². The zero-order valence-corrected chi connectivity index (χ0v) is 12.3. The number of hydrogen-bond donors (Lipinski definition) is 1. The molecule has 0 aliphatic heterocycles. The second-order valence-electron chi connectivity index (χ2n) is 5.90. The van der Waals surface area contributed by atoms with Crippen molar-refractivity contribution in [2.24, 2.45) is 5.92 Å². The molecule has 21 heavy (non-hydrogen) atoms. The summed E-state index contributed by atoms with van der Waals surface area (Å²) in [6.45, 7) is 0. The maximum absolute atomic E-state index is 9.44. The third kappa shape index (κ3) is 3.00. The first kappa shape index (κ1) is 13.9. The molecule has 3 nitrogen and oxygen atoms in total. The van der Waals surface area contributed by atoms with Crippen molar-refractivity contribution < 1.29 is 0 Å². The van der Waals surface area contributed by atoms with Crippen LogP contribution in [0.4, 0.5) is 0 Å². The molecule has 1 heterocycles. The van der Waals surface area contributed by atoms with Gasteiger partial charge in [-0.3, -0.25) is 0 Å². The predicted molar refractivity (Wildman–Crippen MR) is 82.8 cm³/mol. The lowest BCUT2D eigenvalue weighted by molar-refractivity contribution is 0.401. The molecule has 1 aromatic heterocycles. The molecule has 2 aromatic rings. The summed E-state index contributed by atoms with van der Waals surface area (Å²) in [5.41, 5.74) is 1.91. The van der Waals surface area contributed by atoms with Crippen molar-refractivity contribution in [1.29, 1.82) is 5.26 Å². The standard InChI is InChI=1S/C18H21N3/c19-13-15-9-5-6-10-16(15)17(18-20-11-12-21-18)14-7-3-1-2-4-8-14/h5-6,9-12,14,17H,1-4,7-8H2,(H,20,21). The Hall–Kier alpha value is -2.08. The van der Waals surface area contributed by atoms with E-state index in [1.807, 2.05) is 30.6 Å². The van der Waals surface area contributed by atoms with Crippen molar-refractivity contribution in [2.75, 3.05) is 0 Å². The summed E-state index contributed by atoms with van der Waals surface area (Å²) >= 11 is 0. The third-order valence-corrected chi connectivity index (χ3v) is 4.60. The normalized spacial score (nSPS) is 17.9. The average Bonchev–Trinajstić information content (AvgIpc) is 2.91. The second kappa shape index (κ2) is 6.58. The molecule has 1 saturated carbocycles. The van der Waals surface area contributed by atoms with Gasteiger partial charge >= 0.3 is 0 Å². The third-order valence-electron chi connectivity index (χ3n) is 4.60. The van der Waals surface area contributed by atoms with Crippen LogP contribution >= 0.6 is 0 Å². The van der Waals surface area contributed by atoms with Crippen molar-refractivity contribution in [2.45, 2.75) is 44.4 Å². The monoisotopic (exact) mass is 279 g/mol. The van der Waals surface area contributed by atoms with Gasteiger partial charge in [0.1, 0.15) is 5.82 Å². The molecule has 1 unspecified atom stereocenters. The van der Waals surface area contributed by atoms with Crippen LogP contribution in [0.25, 0.3) is 0 Å². The summed E-state index contributed by atoms with van der Waals surface area (Å²) in [6, 6.07) is 10.3. The van der Waals surface area contributed by atoms with Crippen LogP contribution in [0.3, 0.4) is 0 Å². The van der Waals surface area contributed by atoms with Crippen molar-refractivity contribution in [3.05, 3.63) is 53.6 Å². The SMILES string of the molecule is N#Cc1ccccc1C(c1ncc[nH]1)C1CCCCCC1. The highest BCUT2D eigenvalue weighted by molar-refractivity contribution is 5.42. The summed E-state index contributed by atoms with van der Waals surface area (Å²) in [6.07, 6.45) is 11.4. The number of aromatic amines is 1. The smallest absolute Gasteiger partial charge is 0.113 e. The molecule has 1 atom stereocenters. The second-order valence-corrected chi connectivity index (χ2v) is 5.90. The van der Waals surface area contributed by atoms with Crippen LogP contribution in [0.5, 0.6) is 0 Å². The average molecular weight is 279 g/mol. The fourth-order valence-electron chi connectivity index (χ4n) is 3.59. The summed E-state index contributed by atoms with van der Waals surface area (Å²) in [4.78, 5) is 7.79. The summed E-state index contributed by atoms with van der Waals surface area (Å²) in [5.74, 6) is 1.80. The number of aromatic nitrogens is 2. The van der Waals surface area contributed by atoms with Crippen molar-refractivity contribution in [3.63, 3.8) is 0 Å². The molecule has 0 spiro atoms. The minimum atomic E-state index is 0.217. The van der Waals surface area contributed by atoms with Crippen LogP contribution in [0.2, 0.25) is 0 Å². The van der Waals surface area contributed by atoms with Gasteiger partial charge in [-0.1, -0.05) is 43.9 Å². The van der Waals surface area contributed by atoms with Gasteiger partial charge in [-0.15, -0.1) is 0 Å². The first-order valence-corrected chi connectivity index (χ1v) is 7.88. The van der Waals surface area contributed by atoms with E-state index in [2.05, 4.69) is 22.1 Å². The van der Waals surface area contributed by atoms with Crippen LogP contribution in [0.1, 0.15) is 61.4 Å². The Morgan fingerprint density at radius 2 is 1.90 bits per heavy atom.